The fourth-order valence-corrected chi connectivity index (χ4v) is 3.97. The van der Waals surface area contributed by atoms with Gasteiger partial charge in [0.25, 0.3) is 0 Å². The summed E-state index contributed by atoms with van der Waals surface area (Å²) in [5, 5.41) is 9.55. The standard InChI is InChI=1S/C22H20F3N5/c1-14-5-7-16(8-6-14)29-11-9-27-21(29)19-4-3-10-30(19)20-17(13-26)18(22(23,24)25)12-15(2)28-20/h5-9,11-12,19H,3-4,10H2,1-2H3/t19-/m0/s1. The highest BCUT2D eigenvalue weighted by molar-refractivity contribution is 5.60. The van der Waals surface area contributed by atoms with Crippen LogP contribution in [0.4, 0.5) is 19.0 Å². The number of alkyl halides is 3. The van der Waals surface area contributed by atoms with Gasteiger partial charge in [0, 0.05) is 30.3 Å². The van der Waals surface area contributed by atoms with Crippen molar-refractivity contribution in [1.82, 2.24) is 14.5 Å². The number of pyridine rings is 1. The summed E-state index contributed by atoms with van der Waals surface area (Å²) >= 11 is 0. The van der Waals surface area contributed by atoms with Gasteiger partial charge in [0.15, 0.2) is 0 Å². The Balaban J connectivity index is 1.80. The van der Waals surface area contributed by atoms with Crippen molar-refractivity contribution in [2.45, 2.75) is 38.9 Å². The van der Waals surface area contributed by atoms with Gasteiger partial charge in [-0.3, -0.25) is 0 Å². The molecule has 0 N–H and O–H groups in total. The average Bonchev–Trinajstić information content (AvgIpc) is 3.36. The van der Waals surface area contributed by atoms with Gasteiger partial charge in [-0.25, -0.2) is 9.97 Å². The molecule has 3 heterocycles. The molecule has 0 aliphatic carbocycles. The van der Waals surface area contributed by atoms with E-state index in [1.807, 2.05) is 42.0 Å². The first-order chi connectivity index (χ1) is 14.3. The largest absolute Gasteiger partial charge is 0.417 e. The van der Waals surface area contributed by atoms with Crippen LogP contribution in [0.25, 0.3) is 5.69 Å². The Hall–Kier alpha value is -3.34. The Kier molecular flexibility index (Phi) is 4.98. The van der Waals surface area contributed by atoms with Crippen molar-refractivity contribution in [2.24, 2.45) is 0 Å². The number of hydrogen-bond acceptors (Lipinski definition) is 4. The zero-order chi connectivity index (χ0) is 21.5. The lowest BCUT2D eigenvalue weighted by Crippen LogP contribution is -2.28. The molecule has 0 spiro atoms. The molecule has 8 heteroatoms. The highest BCUT2D eigenvalue weighted by Gasteiger charge is 2.39. The summed E-state index contributed by atoms with van der Waals surface area (Å²) in [6, 6.07) is 10.4. The van der Waals surface area contributed by atoms with Gasteiger partial charge in [0.1, 0.15) is 23.3 Å². The van der Waals surface area contributed by atoms with Crippen LogP contribution in [0, 0.1) is 25.2 Å². The first-order valence-electron chi connectivity index (χ1n) is 9.65. The monoisotopic (exact) mass is 411 g/mol. The van der Waals surface area contributed by atoms with Gasteiger partial charge in [-0.05, 0) is 44.9 Å². The molecule has 0 bridgehead atoms. The lowest BCUT2D eigenvalue weighted by molar-refractivity contribution is -0.137. The van der Waals surface area contributed by atoms with E-state index in [-0.39, 0.29) is 17.6 Å². The van der Waals surface area contributed by atoms with Crippen LogP contribution in [0.2, 0.25) is 0 Å². The Bertz CT molecular complexity index is 1110. The second-order valence-electron chi connectivity index (χ2n) is 7.46. The van der Waals surface area contributed by atoms with Crippen LogP contribution in [-0.2, 0) is 6.18 Å². The van der Waals surface area contributed by atoms with E-state index in [9.17, 15) is 18.4 Å². The van der Waals surface area contributed by atoms with Gasteiger partial charge in [0.2, 0.25) is 0 Å². The molecule has 3 aromatic rings. The van der Waals surface area contributed by atoms with Gasteiger partial charge in [-0.1, -0.05) is 17.7 Å². The third-order valence-corrected chi connectivity index (χ3v) is 5.35. The summed E-state index contributed by atoms with van der Waals surface area (Å²) in [6.45, 7) is 4.02. The first-order valence-corrected chi connectivity index (χ1v) is 9.65. The van der Waals surface area contributed by atoms with Crippen molar-refractivity contribution < 1.29 is 13.2 Å². The van der Waals surface area contributed by atoms with Gasteiger partial charge >= 0.3 is 6.18 Å². The zero-order valence-corrected chi connectivity index (χ0v) is 16.6. The molecule has 1 fully saturated rings. The number of hydrogen-bond donors (Lipinski definition) is 0. The molecule has 154 valence electrons. The van der Waals surface area contributed by atoms with Crippen LogP contribution in [0.3, 0.4) is 0 Å². The number of anilines is 1. The maximum absolute atomic E-state index is 13.6. The Morgan fingerprint density at radius 1 is 1.17 bits per heavy atom. The minimum atomic E-state index is -4.62. The summed E-state index contributed by atoms with van der Waals surface area (Å²) in [7, 11) is 0. The molecule has 1 saturated heterocycles. The average molecular weight is 411 g/mol. The molecule has 0 unspecified atom stereocenters. The molecule has 2 aromatic heterocycles. The van der Waals surface area contributed by atoms with E-state index in [0.717, 1.165) is 29.6 Å². The van der Waals surface area contributed by atoms with Crippen molar-refractivity contribution in [3.8, 4) is 11.8 Å². The molecule has 0 radical (unpaired) electrons. The third kappa shape index (κ3) is 3.52. The molecule has 5 nitrogen and oxygen atoms in total. The summed E-state index contributed by atoms with van der Waals surface area (Å²) in [5.74, 6) is 0.794. The number of nitrogens with zero attached hydrogens (tertiary/aromatic N) is 5. The molecular weight excluding hydrogens is 391 g/mol. The molecule has 0 saturated carbocycles. The van der Waals surface area contributed by atoms with Crippen LogP contribution in [0.1, 0.15) is 47.1 Å². The summed E-state index contributed by atoms with van der Waals surface area (Å²) in [5.41, 5.74) is 0.899. The molecule has 0 amide bonds. The number of aromatic nitrogens is 3. The van der Waals surface area contributed by atoms with E-state index < -0.39 is 17.3 Å². The number of imidazole rings is 1. The maximum atomic E-state index is 13.6. The van der Waals surface area contributed by atoms with Crippen molar-refractivity contribution in [3.63, 3.8) is 0 Å². The van der Waals surface area contributed by atoms with Gasteiger partial charge in [0.05, 0.1) is 11.6 Å². The van der Waals surface area contributed by atoms with E-state index in [2.05, 4.69) is 9.97 Å². The quantitative estimate of drug-likeness (QED) is 0.601. The van der Waals surface area contributed by atoms with Crippen molar-refractivity contribution in [1.29, 1.82) is 5.26 Å². The van der Waals surface area contributed by atoms with E-state index in [1.165, 1.54) is 6.92 Å². The SMILES string of the molecule is Cc1ccc(-n2ccnc2[C@@H]2CCCN2c2nc(C)cc(C(F)(F)F)c2C#N)cc1. The molecule has 1 aliphatic rings. The van der Waals surface area contributed by atoms with Crippen LogP contribution in [0.15, 0.2) is 42.7 Å². The summed E-state index contributed by atoms with van der Waals surface area (Å²) in [4.78, 5) is 10.6. The Morgan fingerprint density at radius 2 is 1.90 bits per heavy atom. The van der Waals surface area contributed by atoms with Gasteiger partial charge in [-0.15, -0.1) is 0 Å². The molecule has 1 aliphatic heterocycles. The third-order valence-electron chi connectivity index (χ3n) is 5.35. The number of aryl methyl sites for hydroxylation is 2. The van der Waals surface area contributed by atoms with Gasteiger partial charge < -0.3 is 9.47 Å². The number of halogens is 3. The fraction of sp³-hybridized carbons (Fsp3) is 0.318. The fourth-order valence-electron chi connectivity index (χ4n) is 3.97. The number of rotatable bonds is 3. The second-order valence-corrected chi connectivity index (χ2v) is 7.46. The maximum Gasteiger partial charge on any atom is 0.417 e. The molecule has 1 aromatic carbocycles. The van der Waals surface area contributed by atoms with E-state index >= 15 is 0 Å². The number of nitriles is 1. The number of benzene rings is 1. The molecule has 30 heavy (non-hydrogen) atoms. The molecule has 1 atom stereocenters. The van der Waals surface area contributed by atoms with Crippen molar-refractivity contribution in [2.75, 3.05) is 11.4 Å². The highest BCUT2D eigenvalue weighted by Crippen LogP contribution is 2.41. The van der Waals surface area contributed by atoms with E-state index in [4.69, 9.17) is 0 Å². The molecular formula is C22H20F3N5. The molecule has 4 rings (SSSR count). The summed E-state index contributed by atoms with van der Waals surface area (Å²) in [6.07, 6.45) is 0.384. The highest BCUT2D eigenvalue weighted by atomic mass is 19.4. The van der Waals surface area contributed by atoms with Crippen LogP contribution in [0.5, 0.6) is 0 Å². The smallest absolute Gasteiger partial charge is 0.345 e. The zero-order valence-electron chi connectivity index (χ0n) is 16.6. The second kappa shape index (κ2) is 7.48. The summed E-state index contributed by atoms with van der Waals surface area (Å²) < 4.78 is 42.6. The van der Waals surface area contributed by atoms with Crippen LogP contribution < -0.4 is 4.90 Å². The van der Waals surface area contributed by atoms with E-state index in [0.29, 0.717) is 13.0 Å². The van der Waals surface area contributed by atoms with Crippen LogP contribution >= 0.6 is 0 Å². The normalized spacial score (nSPS) is 16.7. The lowest BCUT2D eigenvalue weighted by Gasteiger charge is -2.28. The van der Waals surface area contributed by atoms with Crippen LogP contribution in [-0.4, -0.2) is 21.1 Å². The lowest BCUT2D eigenvalue weighted by atomic mass is 10.1. The minimum absolute atomic E-state index is 0.0748. The predicted octanol–water partition coefficient (Wildman–Crippen LogP) is 5.12. The van der Waals surface area contributed by atoms with E-state index in [1.54, 1.807) is 17.2 Å². The Labute approximate surface area is 172 Å². The van der Waals surface area contributed by atoms with Gasteiger partial charge in [-0.2, -0.15) is 18.4 Å². The Morgan fingerprint density at radius 3 is 2.57 bits per heavy atom. The van der Waals surface area contributed by atoms with Crippen molar-refractivity contribution >= 4 is 5.82 Å². The predicted molar refractivity (Wildman–Crippen MR) is 106 cm³/mol. The van der Waals surface area contributed by atoms with Crippen molar-refractivity contribution in [3.05, 3.63) is 70.9 Å². The first kappa shape index (κ1) is 20.0. The minimum Gasteiger partial charge on any atom is -0.345 e. The topological polar surface area (TPSA) is 57.7 Å².